The molecule has 1 aliphatic heterocycles. The SMILES string of the molecule is COc1cccc(CC(NC(=O)C(Cc2ccccc2)NC(C)=O)C(=O)N[C@H]2[C@@H](O)[C@H](n3cnc4c(N(C)C)ncnc43)O[C@@H]2CO)c1. The summed E-state index contributed by atoms with van der Waals surface area (Å²) in [5.74, 6) is -0.478. The molecule has 6 atom stereocenters. The van der Waals surface area contributed by atoms with E-state index in [1.807, 2.05) is 44.4 Å². The third kappa shape index (κ3) is 7.70. The van der Waals surface area contributed by atoms with Crippen molar-refractivity contribution in [3.05, 3.63) is 78.4 Å². The standard InChI is InChI=1S/C33H40N8O7/c1-19(43)37-23(14-20-9-6-5-7-10-20)31(45)38-24(15-21-11-8-12-22(13-21)47-4)32(46)39-26-25(16-42)48-33(28(26)44)41-18-36-27-29(40(2)3)34-17-35-30(27)41/h5-13,17-18,23-26,28,33,42,44H,14-16H2,1-4H3,(H,37,43)(H,38,45)(H,39,46)/t23?,24?,25-,26-,28-,33-/m1/s1. The highest BCUT2D eigenvalue weighted by atomic mass is 16.5. The largest absolute Gasteiger partial charge is 0.497 e. The van der Waals surface area contributed by atoms with E-state index < -0.39 is 60.9 Å². The van der Waals surface area contributed by atoms with Crippen molar-refractivity contribution in [3.8, 4) is 5.75 Å². The third-order valence-corrected chi connectivity index (χ3v) is 8.08. The van der Waals surface area contributed by atoms with Gasteiger partial charge in [0.05, 0.1) is 26.1 Å². The summed E-state index contributed by atoms with van der Waals surface area (Å²) < 4.78 is 12.9. The fraction of sp³-hybridized carbons (Fsp3) is 0.394. The quantitative estimate of drug-likeness (QED) is 0.131. The van der Waals surface area contributed by atoms with Crippen molar-refractivity contribution in [2.75, 3.05) is 32.7 Å². The van der Waals surface area contributed by atoms with Gasteiger partial charge >= 0.3 is 0 Å². The molecule has 0 bridgehead atoms. The Morgan fingerprint density at radius 2 is 1.69 bits per heavy atom. The second kappa shape index (κ2) is 15.2. The first kappa shape index (κ1) is 34.2. The van der Waals surface area contributed by atoms with Crippen molar-refractivity contribution in [1.82, 2.24) is 35.5 Å². The van der Waals surface area contributed by atoms with Crippen LogP contribution in [0.25, 0.3) is 11.2 Å². The van der Waals surface area contributed by atoms with Gasteiger partial charge in [-0.3, -0.25) is 19.0 Å². The van der Waals surface area contributed by atoms with Crippen LogP contribution in [0.2, 0.25) is 0 Å². The van der Waals surface area contributed by atoms with Gasteiger partial charge in [0.1, 0.15) is 36.4 Å². The number of ether oxygens (including phenoxy) is 2. The molecular formula is C33H40N8O7. The molecule has 5 rings (SSSR count). The van der Waals surface area contributed by atoms with Gasteiger partial charge in [0, 0.05) is 33.9 Å². The number of aromatic nitrogens is 4. The smallest absolute Gasteiger partial charge is 0.243 e. The van der Waals surface area contributed by atoms with Crippen LogP contribution in [0.3, 0.4) is 0 Å². The van der Waals surface area contributed by atoms with Crippen molar-refractivity contribution in [2.24, 2.45) is 0 Å². The molecule has 3 heterocycles. The number of benzene rings is 2. The molecule has 0 saturated carbocycles. The maximum atomic E-state index is 14.0. The molecule has 254 valence electrons. The van der Waals surface area contributed by atoms with Crippen molar-refractivity contribution >= 4 is 34.7 Å². The lowest BCUT2D eigenvalue weighted by Gasteiger charge is -2.26. The summed E-state index contributed by atoms with van der Waals surface area (Å²) in [6.07, 6.45) is -0.304. The summed E-state index contributed by atoms with van der Waals surface area (Å²) in [7, 11) is 5.15. The van der Waals surface area contributed by atoms with Crippen LogP contribution in [-0.4, -0.2) is 106 Å². The number of nitrogens with one attached hydrogen (secondary N) is 3. The van der Waals surface area contributed by atoms with E-state index in [-0.39, 0.29) is 12.8 Å². The van der Waals surface area contributed by atoms with Crippen molar-refractivity contribution in [1.29, 1.82) is 0 Å². The molecule has 2 aromatic heterocycles. The molecule has 2 aromatic carbocycles. The monoisotopic (exact) mass is 660 g/mol. The number of carbonyl (C=O) groups excluding carboxylic acids is 3. The zero-order valence-electron chi connectivity index (χ0n) is 27.1. The summed E-state index contributed by atoms with van der Waals surface area (Å²) in [4.78, 5) is 54.5. The number of aliphatic hydroxyl groups excluding tert-OH is 2. The van der Waals surface area contributed by atoms with Gasteiger partial charge in [0.25, 0.3) is 0 Å². The average molecular weight is 661 g/mol. The number of methoxy groups -OCH3 is 1. The summed E-state index contributed by atoms with van der Waals surface area (Å²) >= 11 is 0. The van der Waals surface area contributed by atoms with E-state index in [4.69, 9.17) is 9.47 Å². The van der Waals surface area contributed by atoms with E-state index in [0.717, 1.165) is 5.56 Å². The van der Waals surface area contributed by atoms with Gasteiger partial charge in [0.2, 0.25) is 17.7 Å². The fourth-order valence-electron chi connectivity index (χ4n) is 5.75. The summed E-state index contributed by atoms with van der Waals surface area (Å²) in [6.45, 7) is 0.799. The Bertz CT molecular complexity index is 1730. The Hall–Kier alpha value is -5.12. The van der Waals surface area contributed by atoms with Crippen LogP contribution < -0.4 is 25.6 Å². The predicted molar refractivity (Wildman–Crippen MR) is 175 cm³/mol. The summed E-state index contributed by atoms with van der Waals surface area (Å²) in [5.41, 5.74) is 2.39. The zero-order valence-corrected chi connectivity index (χ0v) is 27.1. The molecule has 0 spiro atoms. The van der Waals surface area contributed by atoms with Crippen LogP contribution in [0.5, 0.6) is 5.75 Å². The molecule has 1 fully saturated rings. The minimum Gasteiger partial charge on any atom is -0.497 e. The predicted octanol–water partition coefficient (Wildman–Crippen LogP) is 0.111. The topological polar surface area (TPSA) is 193 Å². The normalized spacial score (nSPS) is 20.1. The van der Waals surface area contributed by atoms with Gasteiger partial charge < -0.3 is 40.5 Å². The van der Waals surface area contributed by atoms with Crippen molar-refractivity contribution in [2.45, 2.75) is 56.3 Å². The minimum absolute atomic E-state index is 0.0557. The Labute approximate surface area is 277 Å². The number of nitrogens with zero attached hydrogens (tertiary/aromatic N) is 5. The summed E-state index contributed by atoms with van der Waals surface area (Å²) in [6, 6.07) is 13.1. The van der Waals surface area contributed by atoms with Crippen LogP contribution >= 0.6 is 0 Å². The highest BCUT2D eigenvalue weighted by Crippen LogP contribution is 2.32. The van der Waals surface area contributed by atoms with E-state index in [2.05, 4.69) is 30.9 Å². The molecule has 48 heavy (non-hydrogen) atoms. The van der Waals surface area contributed by atoms with Crippen molar-refractivity contribution < 1.29 is 34.1 Å². The lowest BCUT2D eigenvalue weighted by Crippen LogP contribution is -2.58. The zero-order chi connectivity index (χ0) is 34.4. The maximum Gasteiger partial charge on any atom is 0.243 e. The number of carbonyl (C=O) groups is 3. The molecule has 3 amide bonds. The molecular weight excluding hydrogens is 620 g/mol. The lowest BCUT2D eigenvalue weighted by atomic mass is 10.0. The van der Waals surface area contributed by atoms with E-state index in [0.29, 0.717) is 28.3 Å². The molecule has 15 heteroatoms. The van der Waals surface area contributed by atoms with Gasteiger partial charge in [-0.25, -0.2) is 15.0 Å². The number of rotatable bonds is 13. The van der Waals surface area contributed by atoms with Crippen LogP contribution in [-0.2, 0) is 32.0 Å². The number of imidazole rings is 1. The number of anilines is 1. The van der Waals surface area contributed by atoms with Crippen LogP contribution in [0, 0.1) is 0 Å². The first-order chi connectivity index (χ1) is 23.1. The van der Waals surface area contributed by atoms with Gasteiger partial charge in [-0.2, -0.15) is 0 Å². The Balaban J connectivity index is 1.40. The number of amides is 3. The Morgan fingerprint density at radius 3 is 2.38 bits per heavy atom. The van der Waals surface area contributed by atoms with Crippen molar-refractivity contribution in [3.63, 3.8) is 0 Å². The summed E-state index contributed by atoms with van der Waals surface area (Å²) in [5, 5.41) is 30.0. The van der Waals surface area contributed by atoms with Gasteiger partial charge in [0.15, 0.2) is 23.2 Å². The maximum absolute atomic E-state index is 14.0. The minimum atomic E-state index is -1.33. The second-order valence-electron chi connectivity index (χ2n) is 11.7. The van der Waals surface area contributed by atoms with E-state index in [1.165, 1.54) is 31.3 Å². The number of hydrogen-bond donors (Lipinski definition) is 5. The van der Waals surface area contributed by atoms with E-state index in [1.54, 1.807) is 29.2 Å². The van der Waals surface area contributed by atoms with Crippen LogP contribution in [0.15, 0.2) is 67.3 Å². The average Bonchev–Trinajstić information content (AvgIpc) is 3.64. The van der Waals surface area contributed by atoms with Gasteiger partial charge in [-0.15, -0.1) is 0 Å². The van der Waals surface area contributed by atoms with E-state index >= 15 is 0 Å². The Morgan fingerprint density at radius 1 is 0.979 bits per heavy atom. The molecule has 1 saturated heterocycles. The molecule has 5 N–H and O–H groups in total. The molecule has 0 radical (unpaired) electrons. The number of hydrogen-bond acceptors (Lipinski definition) is 11. The molecule has 4 aromatic rings. The third-order valence-electron chi connectivity index (χ3n) is 8.08. The number of aliphatic hydroxyl groups is 2. The molecule has 1 aliphatic rings. The second-order valence-corrected chi connectivity index (χ2v) is 11.7. The van der Waals surface area contributed by atoms with Crippen LogP contribution in [0.1, 0.15) is 24.3 Å². The fourth-order valence-corrected chi connectivity index (χ4v) is 5.75. The van der Waals surface area contributed by atoms with Crippen LogP contribution in [0.4, 0.5) is 5.82 Å². The Kier molecular flexibility index (Phi) is 10.8. The van der Waals surface area contributed by atoms with E-state index in [9.17, 15) is 24.6 Å². The highest BCUT2D eigenvalue weighted by molar-refractivity contribution is 5.92. The number of fused-ring (bicyclic) bond motifs is 1. The highest BCUT2D eigenvalue weighted by Gasteiger charge is 2.46. The molecule has 0 aliphatic carbocycles. The first-order valence-electron chi connectivity index (χ1n) is 15.4. The molecule has 2 unspecified atom stereocenters. The van der Waals surface area contributed by atoms with Gasteiger partial charge in [-0.1, -0.05) is 42.5 Å². The lowest BCUT2D eigenvalue weighted by molar-refractivity contribution is -0.132. The molecule has 15 nitrogen and oxygen atoms in total. The first-order valence-corrected chi connectivity index (χ1v) is 15.4. The van der Waals surface area contributed by atoms with Gasteiger partial charge in [-0.05, 0) is 23.3 Å².